The summed E-state index contributed by atoms with van der Waals surface area (Å²) in [5, 5.41) is 0. The molecule has 0 aromatic rings. The number of hydrogen-bond acceptors (Lipinski definition) is 0. The molecule has 1 aliphatic carbocycles. The van der Waals surface area contributed by atoms with Crippen molar-refractivity contribution in [3.05, 3.63) is 0 Å². The Kier molecular flexibility index (Phi) is 7.28. The smallest absolute Gasteiger partial charge is 0.0221 e. The maximum Gasteiger partial charge on any atom is -0.0221 e. The first-order chi connectivity index (χ1) is 9.80. The van der Waals surface area contributed by atoms with E-state index in [1.165, 1.54) is 57.8 Å². The van der Waals surface area contributed by atoms with Crippen molar-refractivity contribution in [2.45, 2.75) is 106 Å². The summed E-state index contributed by atoms with van der Waals surface area (Å²) < 4.78 is 0. The van der Waals surface area contributed by atoms with E-state index in [1.54, 1.807) is 0 Å². The fourth-order valence-corrected chi connectivity index (χ4v) is 4.90. The van der Waals surface area contributed by atoms with Crippen molar-refractivity contribution >= 4 is 0 Å². The SMILES string of the molecule is CCC(C)CC(CC)(C(CC)CCC1CCC1)C(C)(C)C. The Labute approximate surface area is 135 Å². The van der Waals surface area contributed by atoms with Gasteiger partial charge in [-0.3, -0.25) is 0 Å². The van der Waals surface area contributed by atoms with Gasteiger partial charge in [0, 0.05) is 0 Å². The van der Waals surface area contributed by atoms with Gasteiger partial charge in [0.2, 0.25) is 0 Å². The molecule has 3 atom stereocenters. The Bertz CT molecular complexity index is 281. The highest BCUT2D eigenvalue weighted by molar-refractivity contribution is 4.95. The second kappa shape index (κ2) is 8.02. The highest BCUT2D eigenvalue weighted by Gasteiger charge is 2.46. The Morgan fingerprint density at radius 2 is 1.62 bits per heavy atom. The monoisotopic (exact) mass is 294 g/mol. The van der Waals surface area contributed by atoms with Crippen LogP contribution in [0, 0.1) is 28.6 Å². The molecule has 0 saturated heterocycles. The highest BCUT2D eigenvalue weighted by Crippen LogP contribution is 2.55. The Morgan fingerprint density at radius 3 is 1.95 bits per heavy atom. The molecule has 0 aromatic carbocycles. The van der Waals surface area contributed by atoms with Crippen molar-refractivity contribution in [3.8, 4) is 0 Å². The quantitative estimate of drug-likeness (QED) is 0.413. The van der Waals surface area contributed by atoms with Crippen molar-refractivity contribution in [1.29, 1.82) is 0 Å². The van der Waals surface area contributed by atoms with Gasteiger partial charge in [0.1, 0.15) is 0 Å². The van der Waals surface area contributed by atoms with Crippen molar-refractivity contribution < 1.29 is 0 Å². The Hall–Kier alpha value is 0. The molecule has 0 amide bonds. The van der Waals surface area contributed by atoms with Crippen LogP contribution in [0.1, 0.15) is 106 Å². The van der Waals surface area contributed by atoms with Crippen LogP contribution in [0.2, 0.25) is 0 Å². The lowest BCUT2D eigenvalue weighted by Crippen LogP contribution is -2.43. The Balaban J connectivity index is 2.88. The van der Waals surface area contributed by atoms with Gasteiger partial charge < -0.3 is 0 Å². The third-order valence-corrected chi connectivity index (χ3v) is 6.96. The van der Waals surface area contributed by atoms with Crippen LogP contribution in [-0.2, 0) is 0 Å². The fraction of sp³-hybridized carbons (Fsp3) is 1.00. The van der Waals surface area contributed by atoms with Crippen LogP contribution in [0.4, 0.5) is 0 Å². The van der Waals surface area contributed by atoms with Gasteiger partial charge >= 0.3 is 0 Å². The first kappa shape index (κ1) is 19.0. The van der Waals surface area contributed by atoms with Crippen LogP contribution in [0.25, 0.3) is 0 Å². The molecule has 126 valence electrons. The van der Waals surface area contributed by atoms with E-state index in [9.17, 15) is 0 Å². The summed E-state index contributed by atoms with van der Waals surface area (Å²) in [5.74, 6) is 2.84. The molecule has 0 bridgehead atoms. The summed E-state index contributed by atoms with van der Waals surface area (Å²) in [6, 6.07) is 0. The van der Waals surface area contributed by atoms with Crippen LogP contribution < -0.4 is 0 Å². The zero-order chi connectivity index (χ0) is 16.1. The van der Waals surface area contributed by atoms with Gasteiger partial charge in [-0.25, -0.2) is 0 Å². The Morgan fingerprint density at radius 1 is 1.00 bits per heavy atom. The number of rotatable bonds is 9. The first-order valence-corrected chi connectivity index (χ1v) is 9.80. The summed E-state index contributed by atoms with van der Waals surface area (Å²) in [5.41, 5.74) is 0.951. The van der Waals surface area contributed by atoms with Gasteiger partial charge in [-0.05, 0) is 47.8 Å². The molecule has 0 nitrogen and oxygen atoms in total. The molecule has 0 spiro atoms. The summed E-state index contributed by atoms with van der Waals surface area (Å²) in [6.45, 7) is 17.2. The lowest BCUT2D eigenvalue weighted by molar-refractivity contribution is -0.0235. The maximum atomic E-state index is 2.50. The molecular weight excluding hydrogens is 252 g/mol. The van der Waals surface area contributed by atoms with Crippen molar-refractivity contribution in [2.24, 2.45) is 28.6 Å². The summed E-state index contributed by atoms with van der Waals surface area (Å²) in [6.07, 6.45) is 13.0. The summed E-state index contributed by atoms with van der Waals surface area (Å²) in [7, 11) is 0. The lowest BCUT2D eigenvalue weighted by atomic mass is 9.53. The van der Waals surface area contributed by atoms with Crippen LogP contribution in [0.15, 0.2) is 0 Å². The van der Waals surface area contributed by atoms with Crippen LogP contribution >= 0.6 is 0 Å². The maximum absolute atomic E-state index is 2.50. The molecule has 21 heavy (non-hydrogen) atoms. The van der Waals surface area contributed by atoms with Crippen molar-refractivity contribution in [3.63, 3.8) is 0 Å². The average Bonchev–Trinajstić information content (AvgIpc) is 2.37. The van der Waals surface area contributed by atoms with Crippen LogP contribution in [0.5, 0.6) is 0 Å². The molecule has 0 heterocycles. The van der Waals surface area contributed by atoms with E-state index in [-0.39, 0.29) is 0 Å². The van der Waals surface area contributed by atoms with E-state index in [0.717, 1.165) is 17.8 Å². The van der Waals surface area contributed by atoms with Crippen LogP contribution in [0.3, 0.4) is 0 Å². The standard InChI is InChI=1S/C21H42/c1-8-17(4)16-21(10-3,20(5,6)7)19(9-2)15-14-18-12-11-13-18/h17-19H,8-16H2,1-7H3. The van der Waals surface area contributed by atoms with Gasteiger partial charge in [0.15, 0.2) is 0 Å². The van der Waals surface area contributed by atoms with E-state index in [2.05, 4.69) is 48.5 Å². The third kappa shape index (κ3) is 4.49. The molecule has 1 rings (SSSR count). The molecular formula is C21H42. The van der Waals surface area contributed by atoms with E-state index in [4.69, 9.17) is 0 Å². The minimum Gasteiger partial charge on any atom is -0.0651 e. The zero-order valence-electron chi connectivity index (χ0n) is 16.1. The minimum atomic E-state index is 0.422. The highest BCUT2D eigenvalue weighted by atomic mass is 14.5. The molecule has 3 unspecified atom stereocenters. The summed E-state index contributed by atoms with van der Waals surface area (Å²) >= 11 is 0. The molecule has 1 fully saturated rings. The van der Waals surface area contributed by atoms with Gasteiger partial charge in [-0.2, -0.15) is 0 Å². The lowest BCUT2D eigenvalue weighted by Gasteiger charge is -2.52. The minimum absolute atomic E-state index is 0.422. The molecule has 0 heteroatoms. The van der Waals surface area contributed by atoms with Gasteiger partial charge in [-0.15, -0.1) is 0 Å². The molecule has 1 saturated carbocycles. The van der Waals surface area contributed by atoms with Gasteiger partial charge in [0.05, 0.1) is 0 Å². The van der Waals surface area contributed by atoms with E-state index < -0.39 is 0 Å². The second-order valence-electron chi connectivity index (χ2n) is 8.96. The normalized spacial score (nSPS) is 22.4. The first-order valence-electron chi connectivity index (χ1n) is 9.80. The third-order valence-electron chi connectivity index (χ3n) is 6.96. The zero-order valence-corrected chi connectivity index (χ0v) is 16.1. The van der Waals surface area contributed by atoms with Gasteiger partial charge in [0.25, 0.3) is 0 Å². The molecule has 0 aliphatic heterocycles. The molecule has 0 N–H and O–H groups in total. The van der Waals surface area contributed by atoms with E-state index in [0.29, 0.717) is 10.8 Å². The average molecular weight is 295 g/mol. The molecule has 0 aromatic heterocycles. The van der Waals surface area contributed by atoms with E-state index in [1.807, 2.05) is 0 Å². The topological polar surface area (TPSA) is 0 Å². The largest absolute Gasteiger partial charge is 0.0651 e. The van der Waals surface area contributed by atoms with E-state index >= 15 is 0 Å². The van der Waals surface area contributed by atoms with Crippen molar-refractivity contribution in [2.75, 3.05) is 0 Å². The number of hydrogen-bond donors (Lipinski definition) is 0. The predicted molar refractivity (Wildman–Crippen MR) is 96.6 cm³/mol. The van der Waals surface area contributed by atoms with Gasteiger partial charge in [-0.1, -0.05) is 87.0 Å². The summed E-state index contributed by atoms with van der Waals surface area (Å²) in [4.78, 5) is 0. The van der Waals surface area contributed by atoms with Crippen molar-refractivity contribution in [1.82, 2.24) is 0 Å². The fourth-order valence-electron chi connectivity index (χ4n) is 4.90. The molecule has 1 aliphatic rings. The predicted octanol–water partition coefficient (Wildman–Crippen LogP) is 7.47. The second-order valence-corrected chi connectivity index (χ2v) is 8.96. The molecule has 0 radical (unpaired) electrons. The van der Waals surface area contributed by atoms with Crippen LogP contribution in [-0.4, -0.2) is 0 Å².